The summed E-state index contributed by atoms with van der Waals surface area (Å²) in [6.07, 6.45) is 6.75. The highest BCUT2D eigenvalue weighted by Gasteiger charge is 2.26. The summed E-state index contributed by atoms with van der Waals surface area (Å²) in [5.41, 5.74) is 6.13. The van der Waals surface area contributed by atoms with Crippen LogP contribution in [0.1, 0.15) is 32.3 Å². The van der Waals surface area contributed by atoms with Gasteiger partial charge in [0.2, 0.25) is 5.91 Å². The van der Waals surface area contributed by atoms with E-state index >= 15 is 0 Å². The smallest absolute Gasteiger partial charge is 0.240 e. The van der Waals surface area contributed by atoms with Gasteiger partial charge in [0.05, 0.1) is 5.54 Å². The molecule has 2 rings (SSSR count). The van der Waals surface area contributed by atoms with E-state index in [9.17, 15) is 4.79 Å². The van der Waals surface area contributed by atoms with Gasteiger partial charge in [-0.15, -0.1) is 12.4 Å². The van der Waals surface area contributed by atoms with Crippen LogP contribution in [0.25, 0.3) is 5.82 Å². The highest BCUT2D eigenvalue weighted by atomic mass is 35.5. The van der Waals surface area contributed by atoms with Crippen LogP contribution in [-0.4, -0.2) is 26.2 Å². The summed E-state index contributed by atoms with van der Waals surface area (Å²) in [6, 6.07) is 5.59. The molecule has 1 unspecified atom stereocenters. The number of halogens is 1. The normalized spacial score (nSPS) is 13.0. The van der Waals surface area contributed by atoms with Crippen LogP contribution in [0.15, 0.2) is 36.8 Å². The Morgan fingerprint density at radius 3 is 2.86 bits per heavy atom. The SMILES string of the molecule is CCCC(C)(N)C(=O)NCc1ccnc(-n2cccn2)c1.Cl. The summed E-state index contributed by atoms with van der Waals surface area (Å²) in [5.74, 6) is 0.581. The molecular weight excluding hydrogens is 302 g/mol. The molecule has 0 saturated carbocycles. The van der Waals surface area contributed by atoms with E-state index in [2.05, 4.69) is 15.4 Å². The van der Waals surface area contributed by atoms with E-state index in [1.807, 2.05) is 31.3 Å². The van der Waals surface area contributed by atoms with Crippen LogP contribution in [0.4, 0.5) is 0 Å². The van der Waals surface area contributed by atoms with Crippen molar-refractivity contribution in [3.63, 3.8) is 0 Å². The molecule has 0 aromatic carbocycles. The molecule has 22 heavy (non-hydrogen) atoms. The van der Waals surface area contributed by atoms with Crippen molar-refractivity contribution in [3.8, 4) is 5.82 Å². The van der Waals surface area contributed by atoms with Crippen LogP contribution in [0.2, 0.25) is 0 Å². The largest absolute Gasteiger partial charge is 0.350 e. The third-order valence-electron chi connectivity index (χ3n) is 3.29. The molecule has 2 heterocycles. The molecule has 0 aliphatic heterocycles. The van der Waals surface area contributed by atoms with E-state index < -0.39 is 5.54 Å². The van der Waals surface area contributed by atoms with Gasteiger partial charge in [-0.3, -0.25) is 4.79 Å². The van der Waals surface area contributed by atoms with E-state index in [0.29, 0.717) is 13.0 Å². The third kappa shape index (κ3) is 4.54. The lowest BCUT2D eigenvalue weighted by molar-refractivity contribution is -0.126. The molecule has 2 aromatic heterocycles. The van der Waals surface area contributed by atoms with E-state index in [1.54, 1.807) is 24.0 Å². The summed E-state index contributed by atoms with van der Waals surface area (Å²) in [5, 5.41) is 7.01. The predicted octanol–water partition coefficient (Wildman–Crippen LogP) is 1.82. The van der Waals surface area contributed by atoms with Crippen molar-refractivity contribution in [1.82, 2.24) is 20.1 Å². The second-order valence-electron chi connectivity index (χ2n) is 5.32. The van der Waals surface area contributed by atoms with Crippen molar-refractivity contribution in [1.29, 1.82) is 0 Å². The fourth-order valence-corrected chi connectivity index (χ4v) is 2.12. The van der Waals surface area contributed by atoms with Gasteiger partial charge in [0.25, 0.3) is 0 Å². The quantitative estimate of drug-likeness (QED) is 0.849. The number of amides is 1. The summed E-state index contributed by atoms with van der Waals surface area (Å²) in [4.78, 5) is 16.3. The molecule has 0 saturated heterocycles. The van der Waals surface area contributed by atoms with Crippen molar-refractivity contribution in [2.75, 3.05) is 0 Å². The zero-order valence-corrected chi connectivity index (χ0v) is 13.6. The zero-order chi connectivity index (χ0) is 15.3. The molecule has 6 nitrogen and oxygen atoms in total. The highest BCUT2D eigenvalue weighted by molar-refractivity contribution is 5.85. The molecule has 2 aromatic rings. The number of nitrogens with two attached hydrogens (primary N) is 1. The van der Waals surface area contributed by atoms with E-state index in [1.165, 1.54) is 0 Å². The Hall–Kier alpha value is -1.92. The average Bonchev–Trinajstić information content (AvgIpc) is 2.99. The van der Waals surface area contributed by atoms with Crippen molar-refractivity contribution in [2.45, 2.75) is 38.8 Å². The van der Waals surface area contributed by atoms with Crippen molar-refractivity contribution >= 4 is 18.3 Å². The topological polar surface area (TPSA) is 85.8 Å². The van der Waals surface area contributed by atoms with Crippen LogP contribution in [0.3, 0.4) is 0 Å². The number of nitrogens with zero attached hydrogens (tertiary/aromatic N) is 3. The molecule has 0 radical (unpaired) electrons. The Bertz CT molecular complexity index is 598. The van der Waals surface area contributed by atoms with Gasteiger partial charge in [-0.05, 0) is 37.1 Å². The summed E-state index contributed by atoms with van der Waals surface area (Å²) in [6.45, 7) is 4.19. The van der Waals surface area contributed by atoms with Crippen LogP contribution in [0, 0.1) is 0 Å². The number of aromatic nitrogens is 3. The zero-order valence-electron chi connectivity index (χ0n) is 12.8. The molecule has 7 heteroatoms. The van der Waals surface area contributed by atoms with Crippen molar-refractivity contribution in [3.05, 3.63) is 42.4 Å². The monoisotopic (exact) mass is 323 g/mol. The number of hydrogen-bond donors (Lipinski definition) is 2. The molecule has 0 aliphatic carbocycles. The first kappa shape index (κ1) is 18.1. The van der Waals surface area contributed by atoms with Gasteiger partial charge in [0.15, 0.2) is 5.82 Å². The van der Waals surface area contributed by atoms with Crippen LogP contribution < -0.4 is 11.1 Å². The molecule has 0 spiro atoms. The number of carbonyl (C=O) groups excluding carboxylic acids is 1. The van der Waals surface area contributed by atoms with Gasteiger partial charge in [0.1, 0.15) is 0 Å². The second kappa shape index (κ2) is 7.91. The minimum Gasteiger partial charge on any atom is -0.350 e. The molecule has 3 N–H and O–H groups in total. The first-order chi connectivity index (χ1) is 10.0. The number of rotatable bonds is 6. The molecule has 120 valence electrons. The van der Waals surface area contributed by atoms with Gasteiger partial charge in [-0.25, -0.2) is 9.67 Å². The van der Waals surface area contributed by atoms with E-state index in [-0.39, 0.29) is 18.3 Å². The Morgan fingerprint density at radius 1 is 1.45 bits per heavy atom. The number of hydrogen-bond acceptors (Lipinski definition) is 4. The Kier molecular flexibility index (Phi) is 6.52. The molecule has 1 amide bonds. The first-order valence-electron chi connectivity index (χ1n) is 7.05. The Labute approximate surface area is 136 Å². The average molecular weight is 324 g/mol. The molecule has 0 fully saturated rings. The van der Waals surface area contributed by atoms with Crippen molar-refractivity contribution < 1.29 is 4.79 Å². The lowest BCUT2D eigenvalue weighted by atomic mass is 9.96. The number of pyridine rings is 1. The van der Waals surface area contributed by atoms with Gasteiger partial charge < -0.3 is 11.1 Å². The molecule has 0 bridgehead atoms. The van der Waals surface area contributed by atoms with Crippen molar-refractivity contribution in [2.24, 2.45) is 5.73 Å². The predicted molar refractivity (Wildman–Crippen MR) is 88.0 cm³/mol. The van der Waals surface area contributed by atoms with Gasteiger partial charge in [-0.2, -0.15) is 5.10 Å². The lowest BCUT2D eigenvalue weighted by Crippen LogP contribution is -2.51. The molecular formula is C15H22ClN5O. The van der Waals surface area contributed by atoms with E-state index in [0.717, 1.165) is 17.8 Å². The Morgan fingerprint density at radius 2 is 2.23 bits per heavy atom. The van der Waals surface area contributed by atoms with Crippen LogP contribution >= 0.6 is 12.4 Å². The van der Waals surface area contributed by atoms with Crippen LogP contribution in [0.5, 0.6) is 0 Å². The fourth-order valence-electron chi connectivity index (χ4n) is 2.12. The minimum atomic E-state index is -0.827. The highest BCUT2D eigenvalue weighted by Crippen LogP contribution is 2.10. The van der Waals surface area contributed by atoms with Gasteiger partial charge in [0, 0.05) is 25.1 Å². The fraction of sp³-hybridized carbons (Fsp3) is 0.400. The maximum Gasteiger partial charge on any atom is 0.240 e. The summed E-state index contributed by atoms with van der Waals surface area (Å²) >= 11 is 0. The van der Waals surface area contributed by atoms with E-state index in [4.69, 9.17) is 5.73 Å². The van der Waals surface area contributed by atoms with Gasteiger partial charge in [-0.1, -0.05) is 13.3 Å². The number of nitrogens with one attached hydrogen (secondary N) is 1. The third-order valence-corrected chi connectivity index (χ3v) is 3.29. The first-order valence-corrected chi connectivity index (χ1v) is 7.05. The lowest BCUT2D eigenvalue weighted by Gasteiger charge is -2.22. The minimum absolute atomic E-state index is 0. The molecule has 0 aliphatic rings. The summed E-state index contributed by atoms with van der Waals surface area (Å²) in [7, 11) is 0. The maximum absolute atomic E-state index is 12.1. The van der Waals surface area contributed by atoms with Crippen LogP contribution in [-0.2, 0) is 11.3 Å². The molecule has 1 atom stereocenters. The van der Waals surface area contributed by atoms with Gasteiger partial charge >= 0.3 is 0 Å². The standard InChI is InChI=1S/C15H21N5O.ClH/c1-3-6-15(2,16)14(21)18-11-12-5-8-17-13(10-12)20-9-4-7-19-20;/h4-5,7-10H,3,6,11,16H2,1-2H3,(H,18,21);1H. The maximum atomic E-state index is 12.1. The Balaban J connectivity index is 0.00000242. The second-order valence-corrected chi connectivity index (χ2v) is 5.32. The summed E-state index contributed by atoms with van der Waals surface area (Å²) < 4.78 is 1.68. The number of carbonyl (C=O) groups is 1.